The Kier molecular flexibility index (Phi) is 4.45. The van der Waals surface area contributed by atoms with E-state index in [1.54, 1.807) is 18.4 Å². The topological polar surface area (TPSA) is 86.6 Å². The molecule has 0 aromatic carbocycles. The summed E-state index contributed by atoms with van der Waals surface area (Å²) in [4.78, 5) is 22.9. The van der Waals surface area contributed by atoms with Gasteiger partial charge < -0.3 is 15.5 Å². The number of aliphatic carboxylic acids is 1. The van der Waals surface area contributed by atoms with Gasteiger partial charge in [0.1, 0.15) is 6.04 Å². The highest BCUT2D eigenvalue weighted by atomic mass is 32.1. The van der Waals surface area contributed by atoms with E-state index >= 15 is 0 Å². The summed E-state index contributed by atoms with van der Waals surface area (Å²) >= 11 is 1.26. The Bertz CT molecular complexity index is 388. The molecule has 1 heterocycles. The Hall–Kier alpha value is -1.40. The molecule has 1 unspecified atom stereocenters. The van der Waals surface area contributed by atoms with Crippen molar-refractivity contribution in [3.63, 3.8) is 0 Å². The smallest absolute Gasteiger partial charge is 0.326 e. The first-order valence-corrected chi connectivity index (χ1v) is 5.63. The number of carbonyl (C=O) groups is 2. The predicted molar refractivity (Wildman–Crippen MR) is 59.6 cm³/mol. The number of nitrogens with one attached hydrogen (secondary N) is 1. The zero-order chi connectivity index (χ0) is 12.1. The molecule has 1 rings (SSSR count). The lowest BCUT2D eigenvalue weighted by atomic mass is 10.2. The Morgan fingerprint density at radius 1 is 1.56 bits per heavy atom. The van der Waals surface area contributed by atoms with Gasteiger partial charge in [0, 0.05) is 13.0 Å². The van der Waals surface area contributed by atoms with Gasteiger partial charge >= 0.3 is 5.97 Å². The number of hydrogen-bond donors (Lipinski definition) is 3. The molecule has 0 aliphatic carbocycles. The van der Waals surface area contributed by atoms with E-state index in [0.717, 1.165) is 5.56 Å². The summed E-state index contributed by atoms with van der Waals surface area (Å²) in [7, 11) is 0. The highest BCUT2D eigenvalue weighted by Crippen LogP contribution is 2.15. The SMILES string of the molecule is Cc1ccsc1C(=O)NC(CCO)C(=O)O. The molecule has 5 nitrogen and oxygen atoms in total. The fourth-order valence-electron chi connectivity index (χ4n) is 1.22. The van der Waals surface area contributed by atoms with Gasteiger partial charge in [0.2, 0.25) is 0 Å². The number of rotatable bonds is 5. The first kappa shape index (κ1) is 12.7. The third kappa shape index (κ3) is 3.04. The van der Waals surface area contributed by atoms with Gasteiger partial charge in [-0.25, -0.2) is 4.79 Å². The van der Waals surface area contributed by atoms with Gasteiger partial charge in [-0.1, -0.05) is 0 Å². The summed E-state index contributed by atoms with van der Waals surface area (Å²) in [6.45, 7) is 1.51. The molecule has 0 saturated heterocycles. The first-order chi connectivity index (χ1) is 7.56. The molecule has 3 N–H and O–H groups in total. The average molecular weight is 243 g/mol. The third-order valence-corrected chi connectivity index (χ3v) is 3.10. The lowest BCUT2D eigenvalue weighted by Gasteiger charge is -2.12. The van der Waals surface area contributed by atoms with Crippen molar-refractivity contribution in [3.8, 4) is 0 Å². The van der Waals surface area contributed by atoms with Crippen LogP contribution >= 0.6 is 11.3 Å². The van der Waals surface area contributed by atoms with Crippen LogP contribution < -0.4 is 5.32 Å². The monoisotopic (exact) mass is 243 g/mol. The molecule has 0 spiro atoms. The van der Waals surface area contributed by atoms with Crippen LogP contribution in [0.5, 0.6) is 0 Å². The normalized spacial score (nSPS) is 12.1. The Balaban J connectivity index is 2.69. The molecule has 0 aliphatic rings. The van der Waals surface area contributed by atoms with E-state index in [1.807, 2.05) is 0 Å². The van der Waals surface area contributed by atoms with E-state index in [2.05, 4.69) is 5.32 Å². The van der Waals surface area contributed by atoms with Crippen LogP contribution in [0.15, 0.2) is 11.4 Å². The van der Waals surface area contributed by atoms with Crippen LogP contribution in [0, 0.1) is 6.92 Å². The molecule has 0 saturated carbocycles. The molecule has 1 aromatic rings. The standard InChI is InChI=1S/C10H13NO4S/c1-6-3-5-16-8(6)9(13)11-7(2-4-12)10(14)15/h3,5,7,12H,2,4H2,1H3,(H,11,13)(H,14,15). The number of thiophene rings is 1. The van der Waals surface area contributed by atoms with Crippen molar-refractivity contribution in [3.05, 3.63) is 21.9 Å². The van der Waals surface area contributed by atoms with Gasteiger partial charge in [-0.2, -0.15) is 0 Å². The van der Waals surface area contributed by atoms with E-state index in [1.165, 1.54) is 11.3 Å². The number of amides is 1. The second kappa shape index (κ2) is 5.62. The maximum absolute atomic E-state index is 11.7. The second-order valence-corrected chi connectivity index (χ2v) is 4.23. The van der Waals surface area contributed by atoms with Gasteiger partial charge in [-0.3, -0.25) is 4.79 Å². The fourth-order valence-corrected chi connectivity index (χ4v) is 2.04. The van der Waals surface area contributed by atoms with E-state index in [-0.39, 0.29) is 13.0 Å². The summed E-state index contributed by atoms with van der Waals surface area (Å²) in [5.41, 5.74) is 0.815. The lowest BCUT2D eigenvalue weighted by molar-refractivity contribution is -0.139. The van der Waals surface area contributed by atoms with Crippen LogP contribution in [0.1, 0.15) is 21.7 Å². The number of carboxylic acids is 1. The van der Waals surface area contributed by atoms with Crippen LogP contribution in [0.3, 0.4) is 0 Å². The van der Waals surface area contributed by atoms with Crippen LogP contribution in [0.25, 0.3) is 0 Å². The molecular formula is C10H13NO4S. The van der Waals surface area contributed by atoms with Crippen molar-refractivity contribution in [1.29, 1.82) is 0 Å². The Morgan fingerprint density at radius 3 is 2.69 bits per heavy atom. The van der Waals surface area contributed by atoms with Gasteiger partial charge in [0.05, 0.1) is 4.88 Å². The highest BCUT2D eigenvalue weighted by Gasteiger charge is 2.21. The number of carbonyl (C=O) groups excluding carboxylic acids is 1. The fraction of sp³-hybridized carbons (Fsp3) is 0.400. The largest absolute Gasteiger partial charge is 0.480 e. The third-order valence-electron chi connectivity index (χ3n) is 2.09. The molecular weight excluding hydrogens is 230 g/mol. The summed E-state index contributed by atoms with van der Waals surface area (Å²) in [5.74, 6) is -1.55. The van der Waals surface area contributed by atoms with Crippen LogP contribution in [0.2, 0.25) is 0 Å². The minimum absolute atomic E-state index is 0.00545. The predicted octanol–water partition coefficient (Wildman–Crippen LogP) is 0.622. The summed E-state index contributed by atoms with van der Waals surface area (Å²) < 4.78 is 0. The summed E-state index contributed by atoms with van der Waals surface area (Å²) in [5, 5.41) is 21.6. The zero-order valence-corrected chi connectivity index (χ0v) is 9.58. The number of carboxylic acid groups (broad SMARTS) is 1. The zero-order valence-electron chi connectivity index (χ0n) is 8.77. The first-order valence-electron chi connectivity index (χ1n) is 4.75. The maximum Gasteiger partial charge on any atom is 0.326 e. The van der Waals surface area contributed by atoms with E-state index in [4.69, 9.17) is 10.2 Å². The quantitative estimate of drug-likeness (QED) is 0.707. The molecule has 0 radical (unpaired) electrons. The van der Waals surface area contributed by atoms with E-state index in [0.29, 0.717) is 4.88 Å². The molecule has 0 aliphatic heterocycles. The van der Waals surface area contributed by atoms with Crippen molar-refractivity contribution < 1.29 is 19.8 Å². The van der Waals surface area contributed by atoms with Crippen LogP contribution in [0.4, 0.5) is 0 Å². The minimum Gasteiger partial charge on any atom is -0.480 e. The van der Waals surface area contributed by atoms with Crippen molar-refractivity contribution >= 4 is 23.2 Å². The molecule has 1 amide bonds. The van der Waals surface area contributed by atoms with Gasteiger partial charge in [0.25, 0.3) is 5.91 Å². The van der Waals surface area contributed by atoms with Crippen LogP contribution in [-0.4, -0.2) is 34.7 Å². The van der Waals surface area contributed by atoms with Crippen molar-refractivity contribution in [2.75, 3.05) is 6.61 Å². The molecule has 0 bridgehead atoms. The van der Waals surface area contributed by atoms with Gasteiger partial charge in [-0.15, -0.1) is 11.3 Å². The molecule has 6 heteroatoms. The average Bonchev–Trinajstić information content (AvgIpc) is 2.63. The van der Waals surface area contributed by atoms with Crippen molar-refractivity contribution in [2.24, 2.45) is 0 Å². The number of aryl methyl sites for hydroxylation is 1. The molecule has 1 aromatic heterocycles. The highest BCUT2D eigenvalue weighted by molar-refractivity contribution is 7.12. The second-order valence-electron chi connectivity index (χ2n) is 3.31. The lowest BCUT2D eigenvalue weighted by Crippen LogP contribution is -2.41. The Labute approximate surface area is 96.7 Å². The molecule has 0 fully saturated rings. The Morgan fingerprint density at radius 2 is 2.25 bits per heavy atom. The number of aliphatic hydroxyl groups is 1. The molecule has 16 heavy (non-hydrogen) atoms. The van der Waals surface area contributed by atoms with Gasteiger partial charge in [-0.05, 0) is 23.9 Å². The van der Waals surface area contributed by atoms with E-state index < -0.39 is 17.9 Å². The van der Waals surface area contributed by atoms with E-state index in [9.17, 15) is 9.59 Å². The maximum atomic E-state index is 11.7. The summed E-state index contributed by atoms with van der Waals surface area (Å²) in [6, 6.07) is 0.750. The molecule has 88 valence electrons. The van der Waals surface area contributed by atoms with Crippen molar-refractivity contribution in [2.45, 2.75) is 19.4 Å². The summed E-state index contributed by atoms with van der Waals surface area (Å²) in [6.07, 6.45) is 0.00545. The van der Waals surface area contributed by atoms with Crippen LogP contribution in [-0.2, 0) is 4.79 Å². The molecule has 1 atom stereocenters. The minimum atomic E-state index is -1.14. The number of hydrogen-bond acceptors (Lipinski definition) is 4. The van der Waals surface area contributed by atoms with Gasteiger partial charge in [0.15, 0.2) is 0 Å². The number of aliphatic hydroxyl groups excluding tert-OH is 1. The van der Waals surface area contributed by atoms with Crippen molar-refractivity contribution in [1.82, 2.24) is 5.32 Å².